The maximum Gasteiger partial charge on any atom is 0.408 e. The van der Waals surface area contributed by atoms with Crippen LogP contribution >= 0.6 is 15.9 Å². The lowest BCUT2D eigenvalue weighted by Gasteiger charge is -2.28. The number of nitrogens with one attached hydrogen (secondary N) is 2. The van der Waals surface area contributed by atoms with Crippen LogP contribution in [0.25, 0.3) is 0 Å². The Labute approximate surface area is 262 Å². The van der Waals surface area contributed by atoms with Crippen molar-refractivity contribution in [3.63, 3.8) is 0 Å². The van der Waals surface area contributed by atoms with Gasteiger partial charge in [0.25, 0.3) is 11.4 Å². The number of hydrogen-bond acceptors (Lipinski definition) is 11. The molecule has 2 N–H and O–H groups in total. The number of non-ortho nitro benzene ring substituents is 1. The monoisotopic (exact) mass is 682 g/mol. The molecule has 2 rings (SSSR count). The van der Waals surface area contributed by atoms with Crippen molar-refractivity contribution in [1.29, 1.82) is 0 Å². The highest BCUT2D eigenvalue weighted by Crippen LogP contribution is 2.34. The van der Waals surface area contributed by atoms with Gasteiger partial charge in [0.05, 0.1) is 41.0 Å². The number of rotatable bonds is 13. The van der Waals surface area contributed by atoms with Gasteiger partial charge < -0.3 is 29.6 Å². The van der Waals surface area contributed by atoms with Crippen molar-refractivity contribution in [3.8, 4) is 11.5 Å². The molecule has 1 atom stereocenters. The summed E-state index contributed by atoms with van der Waals surface area (Å²) in [7, 11) is 2.94. The molecule has 2 amide bonds. The number of halogens is 1. The third-order valence-electron chi connectivity index (χ3n) is 6.01. The molecule has 0 unspecified atom stereocenters. The summed E-state index contributed by atoms with van der Waals surface area (Å²) in [6, 6.07) is 5.48. The number of hydrogen-bond donors (Lipinski definition) is 2. The topological polar surface area (TPSA) is 198 Å². The second-order valence-corrected chi connectivity index (χ2v) is 11.8. The van der Waals surface area contributed by atoms with E-state index >= 15 is 0 Å². The zero-order valence-corrected chi connectivity index (χ0v) is 26.9. The van der Waals surface area contributed by atoms with Crippen LogP contribution in [-0.4, -0.2) is 60.2 Å². The van der Waals surface area contributed by atoms with Gasteiger partial charge in [-0.3, -0.25) is 29.8 Å². The highest BCUT2D eigenvalue weighted by molar-refractivity contribution is 9.10. The van der Waals surface area contributed by atoms with E-state index in [0.29, 0.717) is 17.1 Å². The molecular formula is C28H35BrN4O11. The van der Waals surface area contributed by atoms with E-state index in [4.69, 9.17) is 18.9 Å². The fourth-order valence-electron chi connectivity index (χ4n) is 3.89. The van der Waals surface area contributed by atoms with Crippen LogP contribution in [0.4, 0.5) is 16.2 Å². The van der Waals surface area contributed by atoms with Crippen LogP contribution in [0.3, 0.4) is 0 Å². The predicted molar refractivity (Wildman–Crippen MR) is 161 cm³/mol. The molecule has 44 heavy (non-hydrogen) atoms. The SMILES string of the molecule is COc1cc(OC)cc(C(C)(C)OC(=O)N[C@@H](CC(=O)OC(C)(C)C)C(=O)NCCc2cc([N+](=O)[O-])cc([N+](=O)[O-])c2Br)c1. The number of carbonyl (C=O) groups is 3. The van der Waals surface area contributed by atoms with Crippen molar-refractivity contribution in [2.45, 2.75) is 64.7 Å². The molecule has 2 aromatic carbocycles. The lowest BCUT2D eigenvalue weighted by Crippen LogP contribution is -2.50. The van der Waals surface area contributed by atoms with Crippen molar-refractivity contribution < 1.29 is 43.2 Å². The van der Waals surface area contributed by atoms with Gasteiger partial charge in [0.1, 0.15) is 28.7 Å². The number of nitro benzene ring substituents is 2. The minimum absolute atomic E-state index is 0.0192. The van der Waals surface area contributed by atoms with E-state index in [2.05, 4.69) is 26.6 Å². The molecule has 0 bridgehead atoms. The Kier molecular flexibility index (Phi) is 12.0. The first-order valence-corrected chi connectivity index (χ1v) is 14.0. The minimum atomic E-state index is -1.43. The second kappa shape index (κ2) is 14.8. The van der Waals surface area contributed by atoms with Crippen LogP contribution in [0.2, 0.25) is 0 Å². The predicted octanol–water partition coefficient (Wildman–Crippen LogP) is 4.70. The van der Waals surface area contributed by atoms with Crippen molar-refractivity contribution in [3.05, 3.63) is 66.2 Å². The number of nitro groups is 2. The fourth-order valence-corrected chi connectivity index (χ4v) is 4.46. The van der Waals surface area contributed by atoms with Crippen LogP contribution < -0.4 is 20.1 Å². The third-order valence-corrected chi connectivity index (χ3v) is 6.92. The number of esters is 1. The largest absolute Gasteiger partial charge is 0.497 e. The van der Waals surface area contributed by atoms with Gasteiger partial charge >= 0.3 is 12.1 Å². The van der Waals surface area contributed by atoms with Crippen molar-refractivity contribution in [2.75, 3.05) is 20.8 Å². The van der Waals surface area contributed by atoms with Gasteiger partial charge in [0.15, 0.2) is 0 Å². The Hall–Kier alpha value is -4.47. The molecule has 0 aromatic heterocycles. The smallest absolute Gasteiger partial charge is 0.408 e. The van der Waals surface area contributed by atoms with Crippen LogP contribution in [0.15, 0.2) is 34.8 Å². The van der Waals surface area contributed by atoms with Gasteiger partial charge in [-0.15, -0.1) is 0 Å². The summed E-state index contributed by atoms with van der Waals surface area (Å²) in [4.78, 5) is 59.8. The molecule has 16 heteroatoms. The van der Waals surface area contributed by atoms with Crippen molar-refractivity contribution >= 4 is 45.3 Å². The van der Waals surface area contributed by atoms with Gasteiger partial charge in [0, 0.05) is 24.2 Å². The number of methoxy groups -OCH3 is 2. The van der Waals surface area contributed by atoms with Gasteiger partial charge in [-0.2, -0.15) is 0 Å². The van der Waals surface area contributed by atoms with E-state index in [1.165, 1.54) is 14.2 Å². The Morgan fingerprint density at radius 3 is 2.00 bits per heavy atom. The van der Waals surface area contributed by atoms with E-state index in [-0.39, 0.29) is 23.0 Å². The highest BCUT2D eigenvalue weighted by atomic mass is 79.9. The molecule has 240 valence electrons. The maximum atomic E-state index is 13.2. The Morgan fingerprint density at radius 2 is 1.50 bits per heavy atom. The molecule has 2 aromatic rings. The molecule has 0 fully saturated rings. The average molecular weight is 684 g/mol. The molecule has 0 spiro atoms. The zero-order valence-electron chi connectivity index (χ0n) is 25.3. The maximum absolute atomic E-state index is 13.2. The van der Waals surface area contributed by atoms with Crippen LogP contribution in [0.1, 0.15) is 52.2 Å². The quantitative estimate of drug-likeness (QED) is 0.169. The van der Waals surface area contributed by atoms with E-state index in [9.17, 15) is 34.6 Å². The summed E-state index contributed by atoms with van der Waals surface area (Å²) in [5, 5.41) is 27.6. The molecule has 0 saturated heterocycles. The number of alkyl carbamates (subject to hydrolysis) is 1. The van der Waals surface area contributed by atoms with Crippen LogP contribution in [0.5, 0.6) is 11.5 Å². The van der Waals surface area contributed by atoms with Crippen LogP contribution in [-0.2, 0) is 31.1 Å². The standard InChI is InChI=1S/C28H35BrN4O11/c1-27(2,3)43-23(34)15-21(31-26(36)44-28(4,5)17-11-19(41-6)14-20(12-17)42-7)25(35)30-9-8-16-10-18(32(37)38)13-22(24(16)29)33(39)40/h10-14,21H,8-9,15H2,1-7H3,(H,30,35)(H,31,36)/t21-/m0/s1. The first kappa shape index (κ1) is 35.7. The lowest BCUT2D eigenvalue weighted by atomic mass is 9.97. The first-order valence-electron chi connectivity index (χ1n) is 13.2. The Balaban J connectivity index is 2.23. The molecule has 0 saturated carbocycles. The van der Waals surface area contributed by atoms with Gasteiger partial charge in [-0.05, 0) is 74.7 Å². The van der Waals surface area contributed by atoms with Gasteiger partial charge in [0.2, 0.25) is 5.91 Å². The summed E-state index contributed by atoms with van der Waals surface area (Å²) < 4.78 is 21.5. The molecular weight excluding hydrogens is 648 g/mol. The summed E-state index contributed by atoms with van der Waals surface area (Å²) >= 11 is 3.09. The highest BCUT2D eigenvalue weighted by Gasteiger charge is 2.32. The average Bonchev–Trinajstić information content (AvgIpc) is 2.91. The second-order valence-electron chi connectivity index (χ2n) is 11.0. The number of ether oxygens (including phenoxy) is 4. The number of carbonyl (C=O) groups excluding carboxylic acids is 3. The van der Waals surface area contributed by atoms with Crippen molar-refractivity contribution in [2.24, 2.45) is 0 Å². The van der Waals surface area contributed by atoms with Gasteiger partial charge in [-0.25, -0.2) is 4.79 Å². The third kappa shape index (κ3) is 10.4. The van der Waals surface area contributed by atoms with Crippen molar-refractivity contribution in [1.82, 2.24) is 10.6 Å². The molecule has 0 aliphatic heterocycles. The summed E-state index contributed by atoms with van der Waals surface area (Å²) in [6.07, 6.45) is -1.61. The molecule has 0 aliphatic rings. The van der Waals surface area contributed by atoms with E-state index in [1.54, 1.807) is 52.8 Å². The summed E-state index contributed by atoms with van der Waals surface area (Å²) in [5.74, 6) is -0.643. The fraction of sp³-hybridized carbons (Fsp3) is 0.464. The zero-order chi connectivity index (χ0) is 33.4. The number of benzene rings is 2. The van der Waals surface area contributed by atoms with E-state index in [1.807, 2.05) is 0 Å². The Bertz CT molecular complexity index is 1400. The lowest BCUT2D eigenvalue weighted by molar-refractivity contribution is -0.394. The normalized spacial score (nSPS) is 12.0. The molecule has 0 heterocycles. The minimum Gasteiger partial charge on any atom is -0.497 e. The molecule has 0 aliphatic carbocycles. The molecule has 15 nitrogen and oxygen atoms in total. The first-order chi connectivity index (χ1) is 20.4. The van der Waals surface area contributed by atoms with Gasteiger partial charge in [-0.1, -0.05) is 0 Å². The van der Waals surface area contributed by atoms with E-state index < -0.39 is 62.9 Å². The Morgan fingerprint density at radius 1 is 0.909 bits per heavy atom. The number of nitrogens with zero attached hydrogens (tertiary/aromatic N) is 2. The van der Waals surface area contributed by atoms with E-state index in [0.717, 1.165) is 12.1 Å². The summed E-state index contributed by atoms with van der Waals surface area (Å²) in [5.41, 5.74) is -2.39. The molecule has 0 radical (unpaired) electrons. The summed E-state index contributed by atoms with van der Waals surface area (Å²) in [6.45, 7) is 8.00. The number of amides is 2. The van der Waals surface area contributed by atoms with Crippen LogP contribution in [0, 0.1) is 20.2 Å².